The summed E-state index contributed by atoms with van der Waals surface area (Å²) < 4.78 is 0. The predicted octanol–water partition coefficient (Wildman–Crippen LogP) is 4.34. The van der Waals surface area contributed by atoms with Crippen molar-refractivity contribution in [1.29, 1.82) is 0 Å². The predicted molar refractivity (Wildman–Crippen MR) is 100 cm³/mol. The fraction of sp³-hybridized carbons (Fsp3) is 0.111. The van der Waals surface area contributed by atoms with Gasteiger partial charge in [-0.1, -0.05) is 46.6 Å². The number of aliphatic imine (C=N–C) groups is 2. The summed E-state index contributed by atoms with van der Waals surface area (Å²) in [6.07, 6.45) is 0. The van der Waals surface area contributed by atoms with Gasteiger partial charge in [0.15, 0.2) is 11.5 Å². The Morgan fingerprint density at radius 2 is 1.92 bits per heavy atom. The first-order valence-corrected chi connectivity index (χ1v) is 8.17. The normalized spacial score (nSPS) is 14.3. The van der Waals surface area contributed by atoms with E-state index < -0.39 is 5.78 Å². The number of rotatable bonds is 3. The van der Waals surface area contributed by atoms with Gasteiger partial charge in [-0.25, -0.2) is 4.99 Å². The zero-order valence-electron chi connectivity index (χ0n) is 13.2. The van der Waals surface area contributed by atoms with Gasteiger partial charge in [0.25, 0.3) is 0 Å². The summed E-state index contributed by atoms with van der Waals surface area (Å²) in [5.74, 6) is -0.395. The van der Waals surface area contributed by atoms with Gasteiger partial charge in [0.2, 0.25) is 0 Å². The molecule has 1 heterocycles. The summed E-state index contributed by atoms with van der Waals surface area (Å²) >= 11 is 12.5. The number of hydrogen-bond donors (Lipinski definition) is 1. The van der Waals surface area contributed by atoms with E-state index in [2.05, 4.69) is 15.1 Å². The van der Waals surface area contributed by atoms with Crippen molar-refractivity contribution in [3.05, 3.63) is 63.6 Å². The summed E-state index contributed by atoms with van der Waals surface area (Å²) in [5, 5.41) is 13.3. The number of carbonyl (C=O) groups is 1. The van der Waals surface area contributed by atoms with Crippen molar-refractivity contribution in [2.75, 3.05) is 6.54 Å². The molecule has 0 spiro atoms. The summed E-state index contributed by atoms with van der Waals surface area (Å²) in [6, 6.07) is 12.5. The Hall–Kier alpha value is -2.50. The van der Waals surface area contributed by atoms with Crippen LogP contribution in [0.15, 0.2) is 57.6 Å². The average molecular weight is 374 g/mol. The Labute approximate surface area is 154 Å². The molecule has 2 aromatic carbocycles. The van der Waals surface area contributed by atoms with Crippen LogP contribution in [0.1, 0.15) is 18.1 Å². The number of halogens is 2. The minimum Gasteiger partial charge on any atom is -0.410 e. The zero-order chi connectivity index (χ0) is 18.0. The van der Waals surface area contributed by atoms with E-state index >= 15 is 0 Å². The molecule has 0 radical (unpaired) electrons. The lowest BCUT2D eigenvalue weighted by atomic mass is 10.0. The number of fused-ring (bicyclic) bond motifs is 1. The first kappa shape index (κ1) is 17.3. The highest BCUT2D eigenvalue weighted by Gasteiger charge is 2.22. The highest BCUT2D eigenvalue weighted by atomic mass is 35.5. The summed E-state index contributed by atoms with van der Waals surface area (Å²) in [4.78, 5) is 20.7. The van der Waals surface area contributed by atoms with Gasteiger partial charge in [-0.3, -0.25) is 9.79 Å². The third-order valence-electron chi connectivity index (χ3n) is 3.69. The van der Waals surface area contributed by atoms with Crippen molar-refractivity contribution in [3.63, 3.8) is 0 Å². The number of Topliss-reactive ketones (excluding diaryl/α,β-unsaturated/α-hetero) is 1. The quantitative estimate of drug-likeness (QED) is 0.493. The molecule has 0 atom stereocenters. The minimum absolute atomic E-state index is 0.0752. The van der Waals surface area contributed by atoms with Crippen molar-refractivity contribution < 1.29 is 10.0 Å². The van der Waals surface area contributed by atoms with E-state index in [1.165, 1.54) is 6.92 Å². The van der Waals surface area contributed by atoms with Gasteiger partial charge in [-0.2, -0.15) is 0 Å². The second kappa shape index (κ2) is 7.17. The fourth-order valence-electron chi connectivity index (χ4n) is 2.56. The van der Waals surface area contributed by atoms with E-state index in [0.29, 0.717) is 27.0 Å². The van der Waals surface area contributed by atoms with Crippen LogP contribution >= 0.6 is 23.2 Å². The maximum absolute atomic E-state index is 11.7. The van der Waals surface area contributed by atoms with Crippen LogP contribution in [0.2, 0.25) is 10.0 Å². The maximum atomic E-state index is 11.7. The van der Waals surface area contributed by atoms with Gasteiger partial charge in [0.1, 0.15) is 0 Å². The van der Waals surface area contributed by atoms with Gasteiger partial charge in [0, 0.05) is 28.1 Å². The van der Waals surface area contributed by atoms with Gasteiger partial charge in [-0.15, -0.1) is 0 Å². The molecule has 0 amide bonds. The number of ketones is 1. The van der Waals surface area contributed by atoms with Crippen molar-refractivity contribution in [1.82, 2.24) is 0 Å². The molecule has 1 aliphatic rings. The van der Waals surface area contributed by atoms with Crippen LogP contribution in [-0.4, -0.2) is 34.7 Å². The molecule has 0 saturated carbocycles. The number of carbonyl (C=O) groups excluding carboxylic acids is 1. The average Bonchev–Trinajstić information content (AvgIpc) is 2.75. The van der Waals surface area contributed by atoms with Gasteiger partial charge < -0.3 is 5.21 Å². The molecular weight excluding hydrogens is 361 g/mol. The molecule has 5 nitrogen and oxygen atoms in total. The molecule has 0 aliphatic carbocycles. The third kappa shape index (κ3) is 3.48. The first-order chi connectivity index (χ1) is 12.0. The van der Waals surface area contributed by atoms with Crippen molar-refractivity contribution in [3.8, 4) is 0 Å². The standard InChI is InChI=1S/C18H13Cl2N3O2/c1-10(24)17(23-25)16-9-21-18(12-4-2-3-5-14(12)20)13-8-11(19)6-7-15(13)22-16/h2-8,25H,9H2,1H3/b23-17-. The Kier molecular flexibility index (Phi) is 4.97. The molecular formula is C18H13Cl2N3O2. The molecule has 0 fully saturated rings. The molecule has 126 valence electrons. The van der Waals surface area contributed by atoms with Crippen LogP contribution in [0, 0.1) is 0 Å². The molecule has 0 unspecified atom stereocenters. The monoisotopic (exact) mass is 373 g/mol. The molecule has 0 aromatic heterocycles. The van der Waals surface area contributed by atoms with Crippen LogP contribution in [0.25, 0.3) is 0 Å². The van der Waals surface area contributed by atoms with E-state index in [-0.39, 0.29) is 18.0 Å². The van der Waals surface area contributed by atoms with Crippen LogP contribution < -0.4 is 0 Å². The molecule has 0 saturated heterocycles. The number of hydrogen-bond acceptors (Lipinski definition) is 5. The minimum atomic E-state index is -0.395. The van der Waals surface area contributed by atoms with Gasteiger partial charge in [0.05, 0.1) is 23.7 Å². The first-order valence-electron chi connectivity index (χ1n) is 7.41. The second-order valence-corrected chi connectivity index (χ2v) is 6.21. The van der Waals surface area contributed by atoms with E-state index in [9.17, 15) is 4.79 Å². The highest BCUT2D eigenvalue weighted by molar-refractivity contribution is 6.67. The lowest BCUT2D eigenvalue weighted by Crippen LogP contribution is -2.24. The molecule has 1 aliphatic heterocycles. The Morgan fingerprint density at radius 1 is 1.16 bits per heavy atom. The van der Waals surface area contributed by atoms with Crippen LogP contribution in [0.3, 0.4) is 0 Å². The number of oxime groups is 1. The van der Waals surface area contributed by atoms with E-state index in [4.69, 9.17) is 28.4 Å². The number of benzene rings is 2. The fourth-order valence-corrected chi connectivity index (χ4v) is 2.96. The number of nitrogens with zero attached hydrogens (tertiary/aromatic N) is 3. The van der Waals surface area contributed by atoms with Crippen LogP contribution in [0.5, 0.6) is 0 Å². The molecule has 0 bridgehead atoms. The van der Waals surface area contributed by atoms with Gasteiger partial charge in [-0.05, 0) is 24.3 Å². The smallest absolute Gasteiger partial charge is 0.183 e. The lowest BCUT2D eigenvalue weighted by molar-refractivity contribution is -0.111. The van der Waals surface area contributed by atoms with Crippen LogP contribution in [0.4, 0.5) is 5.69 Å². The zero-order valence-corrected chi connectivity index (χ0v) is 14.7. The molecule has 7 heteroatoms. The lowest BCUT2D eigenvalue weighted by Gasteiger charge is -2.10. The van der Waals surface area contributed by atoms with E-state index in [1.54, 1.807) is 24.3 Å². The van der Waals surface area contributed by atoms with Crippen molar-refractivity contribution >= 4 is 51.8 Å². The Balaban J connectivity index is 2.22. The third-order valence-corrected chi connectivity index (χ3v) is 4.26. The van der Waals surface area contributed by atoms with E-state index in [0.717, 1.165) is 5.56 Å². The second-order valence-electron chi connectivity index (χ2n) is 5.37. The molecule has 25 heavy (non-hydrogen) atoms. The summed E-state index contributed by atoms with van der Waals surface area (Å²) in [5.41, 5.74) is 2.76. The Morgan fingerprint density at radius 3 is 2.60 bits per heavy atom. The summed E-state index contributed by atoms with van der Waals surface area (Å²) in [7, 11) is 0. The molecule has 3 rings (SSSR count). The maximum Gasteiger partial charge on any atom is 0.183 e. The van der Waals surface area contributed by atoms with Gasteiger partial charge >= 0.3 is 0 Å². The SMILES string of the molecule is CC(=O)/C(=N/O)C1=Nc2ccc(Cl)cc2C(c2ccccc2Cl)=NC1. The topological polar surface area (TPSA) is 74.4 Å². The largest absolute Gasteiger partial charge is 0.410 e. The highest BCUT2D eigenvalue weighted by Crippen LogP contribution is 2.30. The summed E-state index contributed by atoms with van der Waals surface area (Å²) in [6.45, 7) is 1.38. The Bertz CT molecular complexity index is 949. The van der Waals surface area contributed by atoms with E-state index in [1.807, 2.05) is 18.2 Å². The van der Waals surface area contributed by atoms with Crippen LogP contribution in [-0.2, 0) is 4.79 Å². The molecule has 2 aromatic rings. The van der Waals surface area contributed by atoms with Crippen molar-refractivity contribution in [2.24, 2.45) is 15.1 Å². The molecule has 1 N–H and O–H groups in total. The van der Waals surface area contributed by atoms with Crippen molar-refractivity contribution in [2.45, 2.75) is 6.92 Å².